The summed E-state index contributed by atoms with van der Waals surface area (Å²) in [4.78, 5) is 32.5. The van der Waals surface area contributed by atoms with Crippen LogP contribution in [0.1, 0.15) is 16.1 Å². The molecule has 0 saturated carbocycles. The standard InChI is InChI=1S/C20H18N8OS/c1-21-17-14-15(28(2)10-25-14)16-18(26-17)27-20(30-16)12-5-3-11(4-6-12)7-23-19(29)13-8-22-9-24-13/h3-6,8-10H,7H2,1-2H3,(H,21,26)(H,22,24)(H,23,29). The molecule has 0 spiro atoms. The smallest absolute Gasteiger partial charge is 0.269 e. The Morgan fingerprint density at radius 2 is 2.07 bits per heavy atom. The Hall–Kier alpha value is -3.79. The second-order valence-electron chi connectivity index (χ2n) is 6.78. The molecule has 4 heterocycles. The number of imidazole rings is 2. The average molecular weight is 418 g/mol. The summed E-state index contributed by atoms with van der Waals surface area (Å²) in [6.45, 7) is 0.431. The second kappa shape index (κ2) is 7.23. The largest absolute Gasteiger partial charge is 0.371 e. The maximum absolute atomic E-state index is 12.0. The third-order valence-corrected chi connectivity index (χ3v) is 5.94. The first-order valence-electron chi connectivity index (χ1n) is 9.29. The molecule has 0 atom stereocenters. The van der Waals surface area contributed by atoms with Crippen molar-refractivity contribution in [3.05, 3.63) is 54.4 Å². The van der Waals surface area contributed by atoms with Crippen LogP contribution in [0.15, 0.2) is 43.1 Å². The predicted molar refractivity (Wildman–Crippen MR) is 116 cm³/mol. The fourth-order valence-electron chi connectivity index (χ4n) is 3.29. The first-order valence-corrected chi connectivity index (χ1v) is 10.1. The topological polar surface area (TPSA) is 113 Å². The van der Waals surface area contributed by atoms with E-state index < -0.39 is 0 Å². The van der Waals surface area contributed by atoms with Crippen molar-refractivity contribution in [3.63, 3.8) is 0 Å². The molecule has 0 aliphatic heterocycles. The molecule has 5 rings (SSSR count). The van der Waals surface area contributed by atoms with E-state index in [-0.39, 0.29) is 5.91 Å². The van der Waals surface area contributed by atoms with E-state index in [0.29, 0.717) is 17.9 Å². The summed E-state index contributed by atoms with van der Waals surface area (Å²) >= 11 is 1.60. The molecule has 0 aliphatic carbocycles. The minimum atomic E-state index is -0.186. The molecule has 1 amide bonds. The molecular formula is C20H18N8OS. The number of pyridine rings is 1. The lowest BCUT2D eigenvalue weighted by molar-refractivity contribution is 0.0946. The Morgan fingerprint density at radius 1 is 1.23 bits per heavy atom. The fourth-order valence-corrected chi connectivity index (χ4v) is 4.39. The molecule has 4 aromatic heterocycles. The lowest BCUT2D eigenvalue weighted by Gasteiger charge is -2.04. The van der Waals surface area contributed by atoms with Crippen LogP contribution in [0.25, 0.3) is 32.0 Å². The number of aryl methyl sites for hydroxylation is 1. The predicted octanol–water partition coefficient (Wildman–Crippen LogP) is 2.94. The van der Waals surface area contributed by atoms with Crippen LogP contribution in [0.5, 0.6) is 0 Å². The average Bonchev–Trinajstić information content (AvgIpc) is 3.51. The van der Waals surface area contributed by atoms with Crippen LogP contribution in [0, 0.1) is 0 Å². The SMILES string of the molecule is CNc1nc2nc(-c3ccc(CNC(=O)c4cnc[nH]4)cc3)sc2c2c1ncn2C. The van der Waals surface area contributed by atoms with E-state index >= 15 is 0 Å². The van der Waals surface area contributed by atoms with Gasteiger partial charge in [-0.25, -0.2) is 19.9 Å². The number of fused-ring (bicyclic) bond motifs is 3. The van der Waals surface area contributed by atoms with Gasteiger partial charge in [0.05, 0.1) is 24.4 Å². The first-order chi connectivity index (χ1) is 14.6. The lowest BCUT2D eigenvalue weighted by atomic mass is 10.1. The van der Waals surface area contributed by atoms with E-state index in [4.69, 9.17) is 4.98 Å². The Morgan fingerprint density at radius 3 is 2.80 bits per heavy atom. The molecule has 150 valence electrons. The highest BCUT2D eigenvalue weighted by molar-refractivity contribution is 7.22. The molecule has 0 radical (unpaired) electrons. The number of H-pyrrole nitrogens is 1. The van der Waals surface area contributed by atoms with Crippen LogP contribution in [0.4, 0.5) is 5.82 Å². The molecule has 3 N–H and O–H groups in total. The van der Waals surface area contributed by atoms with Crippen molar-refractivity contribution in [2.45, 2.75) is 6.54 Å². The molecule has 0 aliphatic rings. The van der Waals surface area contributed by atoms with Crippen LogP contribution in [-0.2, 0) is 13.6 Å². The summed E-state index contributed by atoms with van der Waals surface area (Å²) in [5.41, 5.74) is 5.00. The molecule has 9 nitrogen and oxygen atoms in total. The minimum absolute atomic E-state index is 0.186. The number of carbonyl (C=O) groups excluding carboxylic acids is 1. The van der Waals surface area contributed by atoms with Gasteiger partial charge in [-0.15, -0.1) is 11.3 Å². The molecule has 10 heteroatoms. The third kappa shape index (κ3) is 3.07. The van der Waals surface area contributed by atoms with Gasteiger partial charge in [0.15, 0.2) is 11.5 Å². The molecule has 5 aromatic rings. The van der Waals surface area contributed by atoms with E-state index in [1.54, 1.807) is 17.7 Å². The first kappa shape index (κ1) is 18.3. The monoisotopic (exact) mass is 418 g/mol. The number of benzene rings is 1. The van der Waals surface area contributed by atoms with Gasteiger partial charge >= 0.3 is 0 Å². The second-order valence-corrected chi connectivity index (χ2v) is 7.78. The highest BCUT2D eigenvalue weighted by Crippen LogP contribution is 2.35. The number of anilines is 1. The Bertz CT molecular complexity index is 1350. The number of rotatable bonds is 5. The molecule has 0 saturated heterocycles. The van der Waals surface area contributed by atoms with Crippen LogP contribution in [0.3, 0.4) is 0 Å². The maximum Gasteiger partial charge on any atom is 0.269 e. The molecule has 0 bridgehead atoms. The van der Waals surface area contributed by atoms with Gasteiger partial charge in [0.2, 0.25) is 0 Å². The maximum atomic E-state index is 12.0. The molecule has 0 fully saturated rings. The number of nitrogens with zero attached hydrogens (tertiary/aromatic N) is 5. The van der Waals surface area contributed by atoms with Crippen molar-refractivity contribution >= 4 is 44.4 Å². The van der Waals surface area contributed by atoms with Crippen molar-refractivity contribution in [1.29, 1.82) is 0 Å². The summed E-state index contributed by atoms with van der Waals surface area (Å²) in [6.07, 6.45) is 4.77. The Balaban J connectivity index is 1.42. The normalized spacial score (nSPS) is 11.3. The van der Waals surface area contributed by atoms with Crippen molar-refractivity contribution in [3.8, 4) is 10.6 Å². The van der Waals surface area contributed by atoms with Gasteiger partial charge in [0.1, 0.15) is 20.9 Å². The summed E-state index contributed by atoms with van der Waals surface area (Å²) in [5, 5.41) is 6.86. The van der Waals surface area contributed by atoms with Gasteiger partial charge in [0.25, 0.3) is 5.91 Å². The Kier molecular flexibility index (Phi) is 4.40. The zero-order chi connectivity index (χ0) is 20.7. The van der Waals surface area contributed by atoms with Crippen molar-refractivity contribution in [1.82, 2.24) is 34.8 Å². The van der Waals surface area contributed by atoms with Gasteiger partial charge in [-0.2, -0.15) is 0 Å². The van der Waals surface area contributed by atoms with E-state index in [9.17, 15) is 4.79 Å². The van der Waals surface area contributed by atoms with Gasteiger partial charge in [-0.3, -0.25) is 4.79 Å². The number of nitrogens with one attached hydrogen (secondary N) is 3. The molecular weight excluding hydrogens is 400 g/mol. The highest BCUT2D eigenvalue weighted by Gasteiger charge is 2.17. The zero-order valence-corrected chi connectivity index (χ0v) is 17.1. The number of aromatic nitrogens is 6. The highest BCUT2D eigenvalue weighted by atomic mass is 32.1. The van der Waals surface area contributed by atoms with E-state index in [2.05, 4.69) is 30.6 Å². The number of hydrogen-bond acceptors (Lipinski definition) is 7. The van der Waals surface area contributed by atoms with Gasteiger partial charge in [0, 0.05) is 26.2 Å². The summed E-state index contributed by atoms with van der Waals surface area (Å²) in [6, 6.07) is 7.99. The van der Waals surface area contributed by atoms with Gasteiger partial charge in [-0.1, -0.05) is 24.3 Å². The third-order valence-electron chi connectivity index (χ3n) is 4.84. The van der Waals surface area contributed by atoms with E-state index in [1.807, 2.05) is 42.9 Å². The number of amides is 1. The summed E-state index contributed by atoms with van der Waals surface area (Å²) in [5.74, 6) is 0.535. The Labute approximate surface area is 175 Å². The molecule has 30 heavy (non-hydrogen) atoms. The number of hydrogen-bond donors (Lipinski definition) is 3. The number of carbonyl (C=O) groups is 1. The summed E-state index contributed by atoms with van der Waals surface area (Å²) in [7, 11) is 3.80. The number of thiazole rings is 1. The van der Waals surface area contributed by atoms with E-state index in [0.717, 1.165) is 37.7 Å². The van der Waals surface area contributed by atoms with Crippen LogP contribution < -0.4 is 10.6 Å². The minimum Gasteiger partial charge on any atom is -0.371 e. The molecule has 1 aromatic carbocycles. The van der Waals surface area contributed by atoms with Crippen molar-refractivity contribution < 1.29 is 4.79 Å². The van der Waals surface area contributed by atoms with Crippen molar-refractivity contribution in [2.75, 3.05) is 12.4 Å². The fraction of sp³-hybridized carbons (Fsp3) is 0.150. The van der Waals surface area contributed by atoms with Crippen LogP contribution in [-0.4, -0.2) is 42.4 Å². The van der Waals surface area contributed by atoms with Crippen molar-refractivity contribution in [2.24, 2.45) is 7.05 Å². The van der Waals surface area contributed by atoms with E-state index in [1.165, 1.54) is 12.5 Å². The lowest BCUT2D eigenvalue weighted by Crippen LogP contribution is -2.22. The van der Waals surface area contributed by atoms with Gasteiger partial charge in [-0.05, 0) is 5.56 Å². The number of aromatic amines is 1. The summed E-state index contributed by atoms with van der Waals surface area (Å²) < 4.78 is 3.00. The molecule has 0 unspecified atom stereocenters. The van der Waals surface area contributed by atoms with Crippen LogP contribution in [0.2, 0.25) is 0 Å². The van der Waals surface area contributed by atoms with Crippen LogP contribution >= 0.6 is 11.3 Å². The quantitative estimate of drug-likeness (QED) is 0.404. The zero-order valence-electron chi connectivity index (χ0n) is 16.3. The van der Waals surface area contributed by atoms with Gasteiger partial charge < -0.3 is 20.2 Å².